The van der Waals surface area contributed by atoms with Gasteiger partial charge in [-0.25, -0.2) is 9.67 Å². The molecule has 0 bridgehead atoms. The average molecular weight is 436 g/mol. The van der Waals surface area contributed by atoms with Crippen LogP contribution in [-0.2, 0) is 12.7 Å². The normalized spacial score (nSPS) is 11.9. The van der Waals surface area contributed by atoms with E-state index in [4.69, 9.17) is 0 Å². The molecule has 0 saturated heterocycles. The molecule has 0 atom stereocenters. The minimum Gasteiger partial charge on any atom is -0.434 e. The van der Waals surface area contributed by atoms with Gasteiger partial charge in [0.2, 0.25) is 0 Å². The van der Waals surface area contributed by atoms with E-state index in [0.29, 0.717) is 5.56 Å². The molecule has 2 heterocycles. The Kier molecular flexibility index (Phi) is 5.17. The largest absolute Gasteiger partial charge is 0.434 e. The maximum atomic E-state index is 13.0. The van der Waals surface area contributed by atoms with Crippen molar-refractivity contribution < 1.29 is 26.7 Å². The predicted molar refractivity (Wildman–Crippen MR) is 100 cm³/mol. The van der Waals surface area contributed by atoms with Gasteiger partial charge in [0.15, 0.2) is 5.65 Å². The molecule has 0 saturated carbocycles. The van der Waals surface area contributed by atoms with Crippen molar-refractivity contribution in [2.24, 2.45) is 0 Å². The Labute approximate surface area is 171 Å². The highest BCUT2D eigenvalue weighted by atomic mass is 19.4. The van der Waals surface area contributed by atoms with E-state index in [9.17, 15) is 26.7 Å². The van der Waals surface area contributed by atoms with Crippen molar-refractivity contribution in [1.29, 1.82) is 0 Å². The Morgan fingerprint density at radius 3 is 2.58 bits per heavy atom. The number of aromatic nitrogens is 4. The summed E-state index contributed by atoms with van der Waals surface area (Å²) in [6, 6.07) is 10.5. The van der Waals surface area contributed by atoms with Gasteiger partial charge in [0.25, 0.3) is 5.56 Å². The second-order valence-corrected chi connectivity index (χ2v) is 6.51. The third-order valence-electron chi connectivity index (χ3n) is 4.50. The number of ether oxygens (including phenoxy) is 1. The molecule has 2 aromatic heterocycles. The summed E-state index contributed by atoms with van der Waals surface area (Å²) >= 11 is 0. The number of halogens is 5. The standard InChI is InChI=1S/C20H13F5N4O2/c21-19(22)31-16-7-2-1-4-12(16)10-28-11-26-17-15(18(28)30)9-27-29(17)14-6-3-5-13(8-14)20(23,24)25/h1-9,11,19H,10H2. The zero-order valence-corrected chi connectivity index (χ0v) is 15.6. The summed E-state index contributed by atoms with van der Waals surface area (Å²) in [7, 11) is 0. The van der Waals surface area contributed by atoms with Crippen molar-refractivity contribution in [2.45, 2.75) is 19.3 Å². The van der Waals surface area contributed by atoms with Crippen LogP contribution in [0.15, 0.2) is 65.8 Å². The van der Waals surface area contributed by atoms with Crippen LogP contribution in [0.25, 0.3) is 16.7 Å². The molecule has 0 spiro atoms. The topological polar surface area (TPSA) is 61.9 Å². The lowest BCUT2D eigenvalue weighted by Crippen LogP contribution is -2.21. The summed E-state index contributed by atoms with van der Waals surface area (Å²) in [6.07, 6.45) is -2.16. The number of alkyl halides is 5. The summed E-state index contributed by atoms with van der Waals surface area (Å²) in [4.78, 5) is 17.0. The van der Waals surface area contributed by atoms with E-state index in [-0.39, 0.29) is 29.0 Å². The molecular weight excluding hydrogens is 423 g/mol. The molecule has 0 fully saturated rings. The fourth-order valence-electron chi connectivity index (χ4n) is 3.09. The molecule has 6 nitrogen and oxygen atoms in total. The number of para-hydroxylation sites is 1. The second-order valence-electron chi connectivity index (χ2n) is 6.51. The number of hydrogen-bond donors (Lipinski definition) is 0. The van der Waals surface area contributed by atoms with E-state index >= 15 is 0 Å². The van der Waals surface area contributed by atoms with Crippen LogP contribution in [0.4, 0.5) is 22.0 Å². The lowest BCUT2D eigenvalue weighted by atomic mass is 10.2. The summed E-state index contributed by atoms with van der Waals surface area (Å²) in [5, 5.41) is 4.07. The van der Waals surface area contributed by atoms with Crippen LogP contribution in [0.1, 0.15) is 11.1 Å². The molecule has 0 aliphatic rings. The highest BCUT2D eigenvalue weighted by Gasteiger charge is 2.30. The number of rotatable bonds is 5. The predicted octanol–water partition coefficient (Wildman–Crippen LogP) is 4.25. The number of fused-ring (bicyclic) bond motifs is 1. The molecule has 0 aliphatic heterocycles. The number of hydrogen-bond acceptors (Lipinski definition) is 4. The van der Waals surface area contributed by atoms with E-state index in [2.05, 4.69) is 14.8 Å². The molecule has 0 unspecified atom stereocenters. The van der Waals surface area contributed by atoms with Crippen LogP contribution in [0.3, 0.4) is 0 Å². The van der Waals surface area contributed by atoms with Gasteiger partial charge in [-0.3, -0.25) is 9.36 Å². The lowest BCUT2D eigenvalue weighted by molar-refractivity contribution is -0.137. The van der Waals surface area contributed by atoms with Crippen molar-refractivity contribution in [2.75, 3.05) is 0 Å². The lowest BCUT2D eigenvalue weighted by Gasteiger charge is -2.12. The van der Waals surface area contributed by atoms with Crippen LogP contribution in [0.2, 0.25) is 0 Å². The Morgan fingerprint density at radius 1 is 1.06 bits per heavy atom. The van der Waals surface area contributed by atoms with Crippen LogP contribution >= 0.6 is 0 Å². The number of nitrogens with zero attached hydrogens (tertiary/aromatic N) is 4. The first-order valence-electron chi connectivity index (χ1n) is 8.87. The number of benzene rings is 2. The molecule has 0 N–H and O–H groups in total. The average Bonchev–Trinajstić information content (AvgIpc) is 3.15. The monoisotopic (exact) mass is 436 g/mol. The minimum absolute atomic E-state index is 0.0622. The molecule has 31 heavy (non-hydrogen) atoms. The summed E-state index contributed by atoms with van der Waals surface area (Å²) in [5.41, 5.74) is -0.910. The van der Waals surface area contributed by atoms with Crippen molar-refractivity contribution in [3.63, 3.8) is 0 Å². The quantitative estimate of drug-likeness (QED) is 0.439. The van der Waals surface area contributed by atoms with Gasteiger partial charge in [-0.15, -0.1) is 0 Å². The van der Waals surface area contributed by atoms with Gasteiger partial charge >= 0.3 is 12.8 Å². The van der Waals surface area contributed by atoms with Gasteiger partial charge in [-0.05, 0) is 24.3 Å². The smallest absolute Gasteiger partial charge is 0.416 e. The van der Waals surface area contributed by atoms with Crippen molar-refractivity contribution >= 4 is 11.0 Å². The Hall–Kier alpha value is -3.76. The van der Waals surface area contributed by atoms with Crippen molar-refractivity contribution in [1.82, 2.24) is 19.3 Å². The van der Waals surface area contributed by atoms with E-state index in [1.807, 2.05) is 0 Å². The van der Waals surface area contributed by atoms with Gasteiger partial charge < -0.3 is 4.74 Å². The molecule has 0 radical (unpaired) electrons. The highest BCUT2D eigenvalue weighted by molar-refractivity contribution is 5.75. The van der Waals surface area contributed by atoms with Crippen LogP contribution in [0, 0.1) is 0 Å². The third kappa shape index (κ3) is 4.11. The first-order chi connectivity index (χ1) is 14.7. The maximum Gasteiger partial charge on any atom is 0.416 e. The Bertz CT molecular complexity index is 1300. The maximum absolute atomic E-state index is 13.0. The van der Waals surface area contributed by atoms with Gasteiger partial charge in [0.05, 0.1) is 24.0 Å². The van der Waals surface area contributed by atoms with Crippen molar-refractivity contribution in [3.8, 4) is 11.4 Å². The summed E-state index contributed by atoms with van der Waals surface area (Å²) in [5.74, 6) is -0.0795. The molecule has 0 aliphatic carbocycles. The molecule has 2 aromatic carbocycles. The fraction of sp³-hybridized carbons (Fsp3) is 0.150. The summed E-state index contributed by atoms with van der Waals surface area (Å²) < 4.78 is 71.0. The second kappa shape index (κ2) is 7.82. The molecule has 4 rings (SSSR count). The van der Waals surface area contributed by atoms with Gasteiger partial charge in [-0.1, -0.05) is 24.3 Å². The van der Waals surface area contributed by atoms with Gasteiger partial charge in [0, 0.05) is 5.56 Å². The van der Waals surface area contributed by atoms with E-state index in [0.717, 1.165) is 16.8 Å². The molecule has 160 valence electrons. The van der Waals surface area contributed by atoms with Crippen LogP contribution in [-0.4, -0.2) is 25.9 Å². The van der Waals surface area contributed by atoms with E-state index in [1.54, 1.807) is 6.07 Å². The first-order valence-corrected chi connectivity index (χ1v) is 8.87. The van der Waals surface area contributed by atoms with Crippen LogP contribution < -0.4 is 10.3 Å². The zero-order valence-electron chi connectivity index (χ0n) is 15.6. The third-order valence-corrected chi connectivity index (χ3v) is 4.50. The van der Waals surface area contributed by atoms with E-state index < -0.39 is 23.9 Å². The zero-order chi connectivity index (χ0) is 22.2. The highest BCUT2D eigenvalue weighted by Crippen LogP contribution is 2.30. The minimum atomic E-state index is -4.53. The molecule has 11 heteroatoms. The summed E-state index contributed by atoms with van der Waals surface area (Å²) in [6.45, 7) is -3.12. The SMILES string of the molecule is O=c1c2cnn(-c3cccc(C(F)(F)F)c3)c2ncn1Cc1ccccc1OC(F)F. The first kappa shape index (κ1) is 20.5. The van der Waals surface area contributed by atoms with Gasteiger partial charge in [-0.2, -0.15) is 27.1 Å². The molecule has 0 amide bonds. The van der Waals surface area contributed by atoms with Gasteiger partial charge in [0.1, 0.15) is 17.5 Å². The molecule has 4 aromatic rings. The molecular formula is C20H13F5N4O2. The Morgan fingerprint density at radius 2 is 1.84 bits per heavy atom. The van der Waals surface area contributed by atoms with Crippen LogP contribution in [0.5, 0.6) is 5.75 Å². The Balaban J connectivity index is 1.73. The van der Waals surface area contributed by atoms with Crippen molar-refractivity contribution in [3.05, 3.63) is 82.5 Å². The fourth-order valence-corrected chi connectivity index (χ4v) is 3.09. The van der Waals surface area contributed by atoms with E-state index in [1.165, 1.54) is 47.4 Å².